The van der Waals surface area contributed by atoms with Gasteiger partial charge in [0, 0.05) is 33.0 Å². The topological polar surface area (TPSA) is 38.7 Å². The second kappa shape index (κ2) is 11.4. The predicted octanol–water partition coefficient (Wildman–Crippen LogP) is 11.7. The fourth-order valence-corrected chi connectivity index (χ4v) is 7.51. The molecule has 0 saturated heterocycles. The molecule has 0 fully saturated rings. The van der Waals surface area contributed by atoms with Crippen LogP contribution in [0, 0.1) is 0 Å². The smallest absolute Gasteiger partial charge is 0.161 e. The lowest BCUT2D eigenvalue weighted by Crippen LogP contribution is -1.98. The highest BCUT2D eigenvalue weighted by Gasteiger charge is 2.18. The Hall–Kier alpha value is -5.97. The number of rotatable bonds is 5. The molecule has 0 atom stereocenters. The van der Waals surface area contributed by atoms with E-state index in [-0.39, 0.29) is 0 Å². The molecular weight excluding hydrogens is 591 g/mol. The first kappa shape index (κ1) is 27.3. The van der Waals surface area contributed by atoms with Crippen LogP contribution in [-0.4, -0.2) is 15.0 Å². The highest BCUT2D eigenvalue weighted by Crippen LogP contribution is 2.41. The fraction of sp³-hybridized carbons (Fsp3) is 0. The quantitative estimate of drug-likeness (QED) is 0.193. The van der Waals surface area contributed by atoms with E-state index in [2.05, 4.69) is 140 Å². The van der Waals surface area contributed by atoms with Crippen LogP contribution >= 0.6 is 11.3 Å². The highest BCUT2D eigenvalue weighted by atomic mass is 32.1. The molecule has 6 aromatic carbocycles. The maximum atomic E-state index is 5.26. The van der Waals surface area contributed by atoms with Crippen LogP contribution in [-0.2, 0) is 0 Å². The Balaban J connectivity index is 1.31. The molecule has 3 nitrogen and oxygen atoms in total. The van der Waals surface area contributed by atoms with Gasteiger partial charge in [0.15, 0.2) is 5.82 Å². The van der Waals surface area contributed by atoms with Gasteiger partial charge in [0.25, 0.3) is 0 Å². The number of nitrogens with zero attached hydrogens (tertiary/aromatic N) is 3. The lowest BCUT2D eigenvalue weighted by atomic mass is 9.91. The Morgan fingerprint density at radius 1 is 0.404 bits per heavy atom. The summed E-state index contributed by atoms with van der Waals surface area (Å²) in [6, 6.07) is 55.5. The van der Waals surface area contributed by atoms with Gasteiger partial charge < -0.3 is 0 Å². The number of hydrogen-bond donors (Lipinski definition) is 0. The first-order chi connectivity index (χ1) is 23.3. The number of fused-ring (bicyclic) bond motifs is 4. The van der Waals surface area contributed by atoms with Crippen molar-refractivity contribution in [1.29, 1.82) is 0 Å². The minimum Gasteiger partial charge on any atom is -0.255 e. The van der Waals surface area contributed by atoms with Gasteiger partial charge in [0.2, 0.25) is 0 Å². The Bertz CT molecular complexity index is 2510. The summed E-state index contributed by atoms with van der Waals surface area (Å²) in [7, 11) is 0. The Labute approximate surface area is 276 Å². The van der Waals surface area contributed by atoms with Crippen LogP contribution in [0.5, 0.6) is 0 Å². The van der Waals surface area contributed by atoms with Gasteiger partial charge in [-0.05, 0) is 69.4 Å². The normalized spacial score (nSPS) is 11.4. The molecule has 0 aliphatic heterocycles. The number of hydrogen-bond acceptors (Lipinski definition) is 4. The maximum absolute atomic E-state index is 5.26. The zero-order valence-electron chi connectivity index (χ0n) is 25.3. The van der Waals surface area contributed by atoms with E-state index in [9.17, 15) is 0 Å². The van der Waals surface area contributed by atoms with E-state index in [1.54, 1.807) is 11.3 Å². The average molecular weight is 618 g/mol. The van der Waals surface area contributed by atoms with Crippen molar-refractivity contribution in [2.45, 2.75) is 0 Å². The van der Waals surface area contributed by atoms with Gasteiger partial charge in [-0.1, -0.05) is 121 Å². The van der Waals surface area contributed by atoms with Gasteiger partial charge in [-0.25, -0.2) is 9.97 Å². The van der Waals surface area contributed by atoms with Crippen LogP contribution < -0.4 is 0 Å². The molecule has 3 heterocycles. The minimum absolute atomic E-state index is 0.693. The van der Waals surface area contributed by atoms with Gasteiger partial charge in [-0.2, -0.15) is 0 Å². The first-order valence-corrected chi connectivity index (χ1v) is 16.5. The average Bonchev–Trinajstić information content (AvgIpc) is 3.53. The molecule has 4 heteroatoms. The van der Waals surface area contributed by atoms with E-state index in [1.807, 2.05) is 24.4 Å². The van der Waals surface area contributed by atoms with E-state index in [1.165, 1.54) is 25.6 Å². The summed E-state index contributed by atoms with van der Waals surface area (Å²) in [6.45, 7) is 0. The van der Waals surface area contributed by atoms with E-state index < -0.39 is 0 Å². The third kappa shape index (κ3) is 4.96. The zero-order valence-corrected chi connectivity index (χ0v) is 26.2. The summed E-state index contributed by atoms with van der Waals surface area (Å²) in [6.07, 6.45) is 1.87. The second-order valence-corrected chi connectivity index (χ2v) is 12.7. The Morgan fingerprint density at radius 3 is 1.87 bits per heavy atom. The molecule has 0 spiro atoms. The number of aromatic nitrogens is 3. The molecule has 0 saturated carbocycles. The van der Waals surface area contributed by atoms with Crippen molar-refractivity contribution in [3.05, 3.63) is 164 Å². The van der Waals surface area contributed by atoms with Crippen LogP contribution in [0.3, 0.4) is 0 Å². The van der Waals surface area contributed by atoms with Gasteiger partial charge >= 0.3 is 0 Å². The van der Waals surface area contributed by atoms with Crippen LogP contribution in [0.1, 0.15) is 0 Å². The lowest BCUT2D eigenvalue weighted by molar-refractivity contribution is 1.18. The number of pyridine rings is 1. The van der Waals surface area contributed by atoms with Crippen molar-refractivity contribution in [3.8, 4) is 56.2 Å². The molecule has 47 heavy (non-hydrogen) atoms. The van der Waals surface area contributed by atoms with Crippen molar-refractivity contribution >= 4 is 42.4 Å². The fourth-order valence-electron chi connectivity index (χ4n) is 6.46. The Morgan fingerprint density at radius 2 is 1.09 bits per heavy atom. The summed E-state index contributed by atoms with van der Waals surface area (Å²) in [5.74, 6) is 0.693. The number of thiophene rings is 1. The van der Waals surface area contributed by atoms with E-state index in [0.717, 1.165) is 55.8 Å². The van der Waals surface area contributed by atoms with Crippen molar-refractivity contribution in [1.82, 2.24) is 15.0 Å². The van der Waals surface area contributed by atoms with E-state index in [4.69, 9.17) is 15.0 Å². The molecule has 0 aliphatic carbocycles. The summed E-state index contributed by atoms with van der Waals surface area (Å²) in [5.41, 5.74) is 10.4. The van der Waals surface area contributed by atoms with Gasteiger partial charge in [-0.15, -0.1) is 11.3 Å². The predicted molar refractivity (Wildman–Crippen MR) is 197 cm³/mol. The third-order valence-electron chi connectivity index (χ3n) is 8.76. The van der Waals surface area contributed by atoms with Crippen molar-refractivity contribution in [2.24, 2.45) is 0 Å². The SMILES string of the molecule is c1ccc(-c2cc(-c3ccccc3)nc(-c3cc(-c4ccc5sc6cccnc6c5c4)ccc3-c3cccc4ccccc34)n2)cc1. The molecule has 0 amide bonds. The van der Waals surface area contributed by atoms with Crippen molar-refractivity contribution in [2.75, 3.05) is 0 Å². The van der Waals surface area contributed by atoms with Crippen molar-refractivity contribution < 1.29 is 0 Å². The number of benzene rings is 6. The minimum atomic E-state index is 0.693. The van der Waals surface area contributed by atoms with Crippen molar-refractivity contribution in [3.63, 3.8) is 0 Å². The van der Waals surface area contributed by atoms with E-state index in [0.29, 0.717) is 5.82 Å². The molecular formula is C43H27N3S. The molecule has 9 aromatic rings. The first-order valence-electron chi connectivity index (χ1n) is 15.7. The molecule has 9 rings (SSSR count). The van der Waals surface area contributed by atoms with Crippen LogP contribution in [0.2, 0.25) is 0 Å². The molecule has 0 unspecified atom stereocenters. The molecule has 0 aliphatic rings. The summed E-state index contributed by atoms with van der Waals surface area (Å²) in [5, 5.41) is 3.58. The molecule has 0 radical (unpaired) electrons. The molecule has 0 bridgehead atoms. The third-order valence-corrected chi connectivity index (χ3v) is 9.89. The highest BCUT2D eigenvalue weighted by molar-refractivity contribution is 7.25. The van der Waals surface area contributed by atoms with Gasteiger partial charge in [0.05, 0.1) is 21.6 Å². The molecule has 220 valence electrons. The molecule has 3 aromatic heterocycles. The van der Waals surface area contributed by atoms with Gasteiger partial charge in [-0.3, -0.25) is 4.98 Å². The largest absolute Gasteiger partial charge is 0.255 e. The Kier molecular flexibility index (Phi) is 6.65. The zero-order chi connectivity index (χ0) is 31.2. The molecule has 0 N–H and O–H groups in total. The monoisotopic (exact) mass is 617 g/mol. The lowest BCUT2D eigenvalue weighted by Gasteiger charge is -2.16. The summed E-state index contributed by atoms with van der Waals surface area (Å²) in [4.78, 5) is 15.2. The van der Waals surface area contributed by atoms with Crippen LogP contribution in [0.25, 0.3) is 87.2 Å². The standard InChI is InChI=1S/C43H27N3S/c1-3-12-29(13-4-1)38-27-39(30-14-5-2-6-15-30)46-43(45-38)36-25-31(20-22-35(36)34-18-9-16-28-11-7-8-17-33(28)34)32-21-23-40-37(26-32)42-41(47-40)19-10-24-44-42/h1-27H. The summed E-state index contributed by atoms with van der Waals surface area (Å²) < 4.78 is 2.44. The van der Waals surface area contributed by atoms with Crippen LogP contribution in [0.15, 0.2) is 164 Å². The van der Waals surface area contributed by atoms with Gasteiger partial charge in [0.1, 0.15) is 0 Å². The van der Waals surface area contributed by atoms with E-state index >= 15 is 0 Å². The second-order valence-electron chi connectivity index (χ2n) is 11.6. The maximum Gasteiger partial charge on any atom is 0.161 e. The van der Waals surface area contributed by atoms with Crippen LogP contribution in [0.4, 0.5) is 0 Å². The summed E-state index contributed by atoms with van der Waals surface area (Å²) >= 11 is 1.78.